The lowest BCUT2D eigenvalue weighted by Gasteiger charge is -2.58. The molecule has 0 aromatic heterocycles. The van der Waals surface area contributed by atoms with Gasteiger partial charge in [0.2, 0.25) is 0 Å². The summed E-state index contributed by atoms with van der Waals surface area (Å²) < 4.78 is 36.5. The Balaban J connectivity index is 1.59. The van der Waals surface area contributed by atoms with Crippen LogP contribution < -0.4 is 0 Å². The zero-order chi connectivity index (χ0) is 26.0. The van der Waals surface area contributed by atoms with E-state index in [1.165, 1.54) is 5.57 Å². The second-order valence-corrected chi connectivity index (χ2v) is 13.7. The summed E-state index contributed by atoms with van der Waals surface area (Å²) in [7, 11) is -4.53. The molecule has 0 amide bonds. The summed E-state index contributed by atoms with van der Waals surface area (Å²) in [6, 6.07) is 0. The molecular weight excluding hydrogens is 468 g/mol. The van der Waals surface area contributed by atoms with E-state index in [0.29, 0.717) is 31.6 Å². The van der Waals surface area contributed by atoms with Gasteiger partial charge in [0.15, 0.2) is 5.78 Å². The summed E-state index contributed by atoms with van der Waals surface area (Å²) in [5.74, 6) is 0.349. The molecule has 0 saturated heterocycles. The highest BCUT2D eigenvalue weighted by atomic mass is 32.3. The van der Waals surface area contributed by atoms with Crippen LogP contribution in [0.25, 0.3) is 0 Å². The number of aliphatic hydroxyl groups is 2. The molecule has 0 bridgehead atoms. The maximum Gasteiger partial charge on any atom is 0.397 e. The first-order chi connectivity index (χ1) is 16.1. The predicted octanol–water partition coefficient (Wildman–Crippen LogP) is 4.40. The summed E-state index contributed by atoms with van der Waals surface area (Å²) in [5, 5.41) is 22.8. The van der Waals surface area contributed by atoms with Crippen molar-refractivity contribution in [2.45, 2.75) is 104 Å². The SMILES string of the molecule is CC(C)=CC(=O)C[C@](C)(O)[C@H]1CC[C@H]2[C@@H]3C[C@H](O)C4C[C@@H](OS(=O)(=O)O)CC[C@]4(C)C3=CC[C@@]21C. The van der Waals surface area contributed by atoms with E-state index < -0.39 is 28.2 Å². The van der Waals surface area contributed by atoms with E-state index in [2.05, 4.69) is 19.9 Å². The first-order valence-electron chi connectivity index (χ1n) is 13.0. The fourth-order valence-corrected chi connectivity index (χ4v) is 9.18. The minimum absolute atomic E-state index is 0.00567. The number of allylic oxidation sites excluding steroid dienone is 4. The van der Waals surface area contributed by atoms with Gasteiger partial charge in [0.1, 0.15) is 0 Å². The zero-order valence-electron chi connectivity index (χ0n) is 21.7. The van der Waals surface area contributed by atoms with Gasteiger partial charge in [-0.1, -0.05) is 31.1 Å². The number of fused-ring (bicyclic) bond motifs is 5. The largest absolute Gasteiger partial charge is 0.397 e. The Hall–Kier alpha value is -1.06. The van der Waals surface area contributed by atoms with Gasteiger partial charge >= 0.3 is 10.4 Å². The number of hydrogen-bond acceptors (Lipinski definition) is 6. The Kier molecular flexibility index (Phi) is 6.98. The average Bonchev–Trinajstić information content (AvgIpc) is 3.05. The van der Waals surface area contributed by atoms with Crippen molar-refractivity contribution in [1.82, 2.24) is 0 Å². The molecule has 0 aromatic rings. The second-order valence-electron chi connectivity index (χ2n) is 12.7. The molecular formula is C27H42O7S. The number of ketones is 1. The minimum Gasteiger partial charge on any atom is -0.393 e. The Bertz CT molecular complexity index is 1020. The molecule has 1 unspecified atom stereocenters. The molecule has 0 spiro atoms. The molecule has 7 nitrogen and oxygen atoms in total. The van der Waals surface area contributed by atoms with Crippen molar-refractivity contribution in [2.24, 2.45) is 34.5 Å². The lowest BCUT2D eigenvalue weighted by atomic mass is 9.47. The molecule has 8 heteroatoms. The Morgan fingerprint density at radius 3 is 2.51 bits per heavy atom. The van der Waals surface area contributed by atoms with Gasteiger partial charge in [0.25, 0.3) is 0 Å². The van der Waals surface area contributed by atoms with Crippen molar-refractivity contribution in [2.75, 3.05) is 0 Å². The van der Waals surface area contributed by atoms with E-state index in [9.17, 15) is 23.4 Å². The van der Waals surface area contributed by atoms with Crippen LogP contribution in [-0.2, 0) is 19.4 Å². The second kappa shape index (κ2) is 9.05. The molecule has 0 radical (unpaired) electrons. The molecule has 3 saturated carbocycles. The summed E-state index contributed by atoms with van der Waals surface area (Å²) in [6.45, 7) is 10.0. The summed E-state index contributed by atoms with van der Waals surface area (Å²) in [5.41, 5.74) is 0.798. The van der Waals surface area contributed by atoms with Crippen LogP contribution in [-0.4, -0.2) is 46.8 Å². The van der Waals surface area contributed by atoms with Crippen molar-refractivity contribution in [3.05, 3.63) is 23.3 Å². The summed E-state index contributed by atoms with van der Waals surface area (Å²) in [6.07, 6.45) is 7.70. The van der Waals surface area contributed by atoms with Crippen LogP contribution in [0.5, 0.6) is 0 Å². The van der Waals surface area contributed by atoms with E-state index in [0.717, 1.165) is 24.8 Å². The quantitative estimate of drug-likeness (QED) is 0.275. The molecule has 4 aliphatic carbocycles. The number of rotatable bonds is 6. The van der Waals surface area contributed by atoms with E-state index in [1.54, 1.807) is 6.08 Å². The van der Waals surface area contributed by atoms with Crippen molar-refractivity contribution in [3.8, 4) is 0 Å². The van der Waals surface area contributed by atoms with E-state index in [1.807, 2.05) is 20.8 Å². The van der Waals surface area contributed by atoms with Gasteiger partial charge in [-0.2, -0.15) is 8.42 Å². The molecule has 0 aromatic carbocycles. The van der Waals surface area contributed by atoms with Crippen LogP contribution in [0.15, 0.2) is 23.3 Å². The van der Waals surface area contributed by atoms with E-state index in [4.69, 9.17) is 8.74 Å². The predicted molar refractivity (Wildman–Crippen MR) is 133 cm³/mol. The monoisotopic (exact) mass is 510 g/mol. The van der Waals surface area contributed by atoms with Gasteiger partial charge in [0.05, 0.1) is 17.8 Å². The fraction of sp³-hybridized carbons (Fsp3) is 0.815. The van der Waals surface area contributed by atoms with Crippen LogP contribution in [0.4, 0.5) is 0 Å². The maximum absolute atomic E-state index is 12.5. The smallest absolute Gasteiger partial charge is 0.393 e. The topological polar surface area (TPSA) is 121 Å². The van der Waals surface area contributed by atoms with Crippen molar-refractivity contribution in [3.63, 3.8) is 0 Å². The van der Waals surface area contributed by atoms with E-state index in [-0.39, 0.29) is 40.8 Å². The molecule has 0 aliphatic heterocycles. The van der Waals surface area contributed by atoms with Gasteiger partial charge in [-0.3, -0.25) is 9.35 Å². The molecule has 3 N–H and O–H groups in total. The minimum atomic E-state index is -4.53. The molecule has 3 fully saturated rings. The van der Waals surface area contributed by atoms with Crippen LogP contribution in [0.1, 0.15) is 86.0 Å². The molecule has 9 atom stereocenters. The highest BCUT2D eigenvalue weighted by Crippen LogP contribution is 2.67. The van der Waals surface area contributed by atoms with Crippen molar-refractivity contribution < 1.29 is 32.2 Å². The molecule has 35 heavy (non-hydrogen) atoms. The first kappa shape index (κ1) is 27.0. The van der Waals surface area contributed by atoms with E-state index >= 15 is 0 Å². The maximum atomic E-state index is 12.5. The number of carbonyl (C=O) groups excluding carboxylic acids is 1. The van der Waals surface area contributed by atoms with Crippen molar-refractivity contribution >= 4 is 16.2 Å². The molecule has 0 heterocycles. The molecule has 4 rings (SSSR count). The third-order valence-electron chi connectivity index (χ3n) is 9.99. The molecule has 198 valence electrons. The van der Waals surface area contributed by atoms with Gasteiger partial charge < -0.3 is 10.2 Å². The average molecular weight is 511 g/mol. The lowest BCUT2D eigenvalue weighted by Crippen LogP contribution is -2.55. The van der Waals surface area contributed by atoms with Crippen molar-refractivity contribution in [1.29, 1.82) is 0 Å². The number of carbonyl (C=O) groups is 1. The van der Waals surface area contributed by atoms with Crippen LogP contribution in [0, 0.1) is 34.5 Å². The fourth-order valence-electron chi connectivity index (χ4n) is 8.67. The third kappa shape index (κ3) is 4.93. The van der Waals surface area contributed by atoms with Gasteiger partial charge in [-0.25, -0.2) is 4.18 Å². The first-order valence-corrected chi connectivity index (χ1v) is 14.4. The van der Waals surface area contributed by atoms with Crippen LogP contribution >= 0.6 is 0 Å². The standard InChI is InChI=1S/C27H42O7S/c1-16(2)12-17(28)15-27(5,30)24-7-6-20-19-14-23(29)22-13-18(34-35(31,32)33)8-10-25(22,3)21(19)9-11-26(20,24)4/h9,12,18-20,22-24,29-30H,6-8,10-11,13-15H2,1-5H3,(H,31,32,33)/t18-,19-,20-,22?,23-,24-,25+,26-,27-/m0/s1. The normalized spacial score (nSPS) is 42.7. The number of hydrogen-bond donors (Lipinski definition) is 3. The zero-order valence-corrected chi connectivity index (χ0v) is 22.5. The Labute approximate surface area is 210 Å². The van der Waals surface area contributed by atoms with Gasteiger partial charge in [0, 0.05) is 6.42 Å². The summed E-state index contributed by atoms with van der Waals surface area (Å²) in [4.78, 5) is 12.5. The van der Waals surface area contributed by atoms with Crippen LogP contribution in [0.3, 0.4) is 0 Å². The summed E-state index contributed by atoms with van der Waals surface area (Å²) >= 11 is 0. The molecule has 4 aliphatic rings. The van der Waals surface area contributed by atoms with Gasteiger partial charge in [-0.05, 0) is 106 Å². The Morgan fingerprint density at radius 1 is 1.20 bits per heavy atom. The Morgan fingerprint density at radius 2 is 1.89 bits per heavy atom. The lowest BCUT2D eigenvalue weighted by molar-refractivity contribution is -0.126. The highest BCUT2D eigenvalue weighted by Gasteiger charge is 2.61. The highest BCUT2D eigenvalue weighted by molar-refractivity contribution is 7.80. The van der Waals surface area contributed by atoms with Gasteiger partial charge in [-0.15, -0.1) is 0 Å². The third-order valence-corrected chi connectivity index (χ3v) is 10.5. The van der Waals surface area contributed by atoms with Crippen LogP contribution in [0.2, 0.25) is 0 Å². The number of aliphatic hydroxyl groups excluding tert-OH is 1.